The van der Waals surface area contributed by atoms with Crippen LogP contribution in [0, 0.1) is 17.6 Å². The number of amides is 4. The largest absolute Gasteiger partial charge is 0.496 e. The van der Waals surface area contributed by atoms with Crippen molar-refractivity contribution in [1.82, 2.24) is 30.2 Å². The molecule has 5 aromatic rings. The zero-order chi connectivity index (χ0) is 46.1. The summed E-state index contributed by atoms with van der Waals surface area (Å²) in [6.07, 6.45) is 2.65. The van der Waals surface area contributed by atoms with Gasteiger partial charge < -0.3 is 36.2 Å². The molecule has 6 N–H and O–H groups in total. The van der Waals surface area contributed by atoms with Crippen molar-refractivity contribution in [1.29, 1.82) is 0 Å². The fourth-order valence-electron chi connectivity index (χ4n) is 9.56. The molecule has 0 bridgehead atoms. The highest BCUT2D eigenvalue weighted by molar-refractivity contribution is 6.05. The van der Waals surface area contributed by atoms with E-state index < -0.39 is 23.7 Å². The summed E-state index contributed by atoms with van der Waals surface area (Å²) >= 11 is 0. The number of hydrogen-bond donors (Lipinski definition) is 4. The van der Waals surface area contributed by atoms with Crippen molar-refractivity contribution in [2.45, 2.75) is 44.9 Å². The molecular formula is C48H51F2N11O5. The van der Waals surface area contributed by atoms with Crippen molar-refractivity contribution in [3.05, 3.63) is 118 Å². The minimum atomic E-state index is -0.639. The topological polar surface area (TPSA) is 197 Å². The van der Waals surface area contributed by atoms with Crippen LogP contribution < -0.4 is 36.6 Å². The number of benzene rings is 4. The van der Waals surface area contributed by atoms with Crippen LogP contribution in [0.1, 0.15) is 56.7 Å². The first kappa shape index (κ1) is 44.0. The van der Waals surface area contributed by atoms with Crippen LogP contribution in [0.3, 0.4) is 0 Å². The average Bonchev–Trinajstić information content (AvgIpc) is 4.03. The van der Waals surface area contributed by atoms with E-state index in [1.165, 1.54) is 25.3 Å². The fourth-order valence-corrected chi connectivity index (χ4v) is 9.56. The predicted octanol–water partition coefficient (Wildman–Crippen LogP) is 4.24. The Bertz CT molecular complexity index is 2720. The number of nitrogens with zero attached hydrogens (tertiary/aromatic N) is 7. The summed E-state index contributed by atoms with van der Waals surface area (Å²) in [6, 6.07) is 21.4. The van der Waals surface area contributed by atoms with Gasteiger partial charge in [0.15, 0.2) is 5.82 Å². The zero-order valence-corrected chi connectivity index (χ0v) is 36.5. The maximum Gasteiger partial charge on any atom is 0.255 e. The minimum Gasteiger partial charge on any atom is -0.496 e. The molecule has 66 heavy (non-hydrogen) atoms. The van der Waals surface area contributed by atoms with Crippen molar-refractivity contribution in [3.63, 3.8) is 0 Å². The van der Waals surface area contributed by atoms with Crippen LogP contribution >= 0.6 is 0 Å². The van der Waals surface area contributed by atoms with Crippen LogP contribution in [0.2, 0.25) is 0 Å². The third-order valence-corrected chi connectivity index (χ3v) is 13.0. The second-order valence-electron chi connectivity index (χ2n) is 17.0. The third-order valence-electron chi connectivity index (χ3n) is 13.0. The number of aliphatic imine (C=N–C) groups is 1. The number of anilines is 2. The summed E-state index contributed by atoms with van der Waals surface area (Å²) < 4.78 is 36.7. The molecule has 9 rings (SSSR count). The lowest BCUT2D eigenvalue weighted by atomic mass is 10.0. The lowest BCUT2D eigenvalue weighted by molar-refractivity contribution is -0.136. The van der Waals surface area contributed by atoms with E-state index in [2.05, 4.69) is 36.4 Å². The summed E-state index contributed by atoms with van der Waals surface area (Å²) in [7, 11) is 1.42. The Kier molecular flexibility index (Phi) is 12.5. The Morgan fingerprint density at radius 3 is 2.45 bits per heavy atom. The van der Waals surface area contributed by atoms with E-state index in [-0.39, 0.29) is 48.5 Å². The van der Waals surface area contributed by atoms with Gasteiger partial charge in [-0.1, -0.05) is 24.3 Å². The summed E-state index contributed by atoms with van der Waals surface area (Å²) in [6.45, 7) is 6.38. The molecule has 4 aliphatic heterocycles. The van der Waals surface area contributed by atoms with Crippen molar-refractivity contribution < 1.29 is 32.7 Å². The van der Waals surface area contributed by atoms with Crippen LogP contribution in [0.25, 0.3) is 16.9 Å². The van der Waals surface area contributed by atoms with Crippen LogP contribution in [-0.4, -0.2) is 109 Å². The van der Waals surface area contributed by atoms with Crippen LogP contribution in [0.5, 0.6) is 5.75 Å². The molecular weight excluding hydrogens is 849 g/mol. The van der Waals surface area contributed by atoms with Gasteiger partial charge in [-0.25, -0.2) is 18.5 Å². The normalized spacial score (nSPS) is 18.9. The number of fused-ring (bicyclic) bond motifs is 1. The lowest BCUT2D eigenvalue weighted by Gasteiger charge is -2.37. The molecule has 3 fully saturated rings. The number of carbonyl (C=O) groups excluding carboxylic acids is 4. The summed E-state index contributed by atoms with van der Waals surface area (Å²) in [5.74, 6) is -1.28. The van der Waals surface area contributed by atoms with Gasteiger partial charge in [0.2, 0.25) is 11.8 Å². The lowest BCUT2D eigenvalue weighted by Crippen LogP contribution is -2.52. The molecule has 0 radical (unpaired) electrons. The molecule has 3 saturated heterocycles. The Morgan fingerprint density at radius 2 is 1.73 bits per heavy atom. The Hall–Kier alpha value is -7.18. The number of piperidine rings is 1. The average molecular weight is 900 g/mol. The molecule has 5 heterocycles. The standard InChI is InChI=1S/C48H51F2N11O5/c1-66-42-12-6-33(49)21-37(42)46(63)53-24-29-2-4-31(5-3-29)44-38(23-51)45(54-28-52)61(56-44)35-8-10-40(39(50)22-35)59-15-14-30(26-59)25-57-16-18-58(19-17-57)34-7-9-36-32(20-34)27-60(48(36)65)41-11-13-43(62)55-47(41)64/h2-10,12,20-22,28,30,41H,11,13-19,23-27,51H2,1H3,(H2,52,54)(H,53,63)(H,55,62,64)/t30-,41-/m0/s1. The number of nitrogens with two attached hydrogens (primary N) is 2. The van der Waals surface area contributed by atoms with Gasteiger partial charge in [0.1, 0.15) is 23.4 Å². The van der Waals surface area contributed by atoms with Gasteiger partial charge in [-0.15, -0.1) is 0 Å². The Labute approximate surface area is 380 Å². The van der Waals surface area contributed by atoms with E-state index in [0.29, 0.717) is 52.9 Å². The van der Waals surface area contributed by atoms with Gasteiger partial charge in [-0.2, -0.15) is 5.10 Å². The second-order valence-corrected chi connectivity index (χ2v) is 17.0. The molecule has 4 amide bonds. The van der Waals surface area contributed by atoms with Crippen LogP contribution in [0.4, 0.5) is 26.0 Å². The molecule has 0 saturated carbocycles. The molecule has 2 atom stereocenters. The number of nitrogens with one attached hydrogen (secondary N) is 2. The van der Waals surface area contributed by atoms with Gasteiger partial charge >= 0.3 is 0 Å². The number of carbonyl (C=O) groups is 4. The van der Waals surface area contributed by atoms with E-state index in [1.807, 2.05) is 42.5 Å². The Morgan fingerprint density at radius 1 is 0.939 bits per heavy atom. The monoisotopic (exact) mass is 899 g/mol. The number of rotatable bonds is 13. The molecule has 342 valence electrons. The first-order valence-corrected chi connectivity index (χ1v) is 22.1. The predicted molar refractivity (Wildman–Crippen MR) is 245 cm³/mol. The first-order valence-electron chi connectivity index (χ1n) is 22.1. The van der Waals surface area contributed by atoms with E-state index >= 15 is 4.39 Å². The minimum absolute atomic E-state index is 0.0866. The first-order chi connectivity index (χ1) is 32.0. The van der Waals surface area contributed by atoms with Crippen molar-refractivity contribution >= 4 is 47.2 Å². The summed E-state index contributed by atoms with van der Waals surface area (Å²) in [5, 5.41) is 10.0. The number of ether oxygens (including phenoxy) is 1. The number of imide groups is 1. The number of aromatic nitrogens is 2. The van der Waals surface area contributed by atoms with Gasteiger partial charge in [0.25, 0.3) is 11.8 Å². The number of piperazine rings is 1. The molecule has 1 aromatic heterocycles. The van der Waals surface area contributed by atoms with Gasteiger partial charge in [-0.05, 0) is 78.4 Å². The maximum absolute atomic E-state index is 16.1. The highest BCUT2D eigenvalue weighted by Crippen LogP contribution is 2.36. The number of hydrogen-bond acceptors (Lipinski definition) is 11. The number of halogens is 2. The highest BCUT2D eigenvalue weighted by Gasteiger charge is 2.39. The summed E-state index contributed by atoms with van der Waals surface area (Å²) in [5.41, 5.74) is 18.3. The molecule has 0 unspecified atom stereocenters. The second kappa shape index (κ2) is 18.7. The van der Waals surface area contributed by atoms with E-state index in [1.54, 1.807) is 15.6 Å². The Balaban J connectivity index is 0.807. The third kappa shape index (κ3) is 8.80. The smallest absolute Gasteiger partial charge is 0.255 e. The molecule has 4 aromatic carbocycles. The van der Waals surface area contributed by atoms with Crippen molar-refractivity contribution in [2.75, 3.05) is 62.7 Å². The van der Waals surface area contributed by atoms with Gasteiger partial charge in [0, 0.05) is 100 Å². The highest BCUT2D eigenvalue weighted by atomic mass is 19.1. The zero-order valence-electron chi connectivity index (χ0n) is 36.5. The van der Waals surface area contributed by atoms with Crippen LogP contribution in [0.15, 0.2) is 83.9 Å². The van der Waals surface area contributed by atoms with Gasteiger partial charge in [-0.3, -0.25) is 29.4 Å². The fraction of sp³-hybridized carbons (Fsp3) is 0.333. The van der Waals surface area contributed by atoms with Crippen LogP contribution in [-0.2, 0) is 29.2 Å². The maximum atomic E-state index is 16.1. The van der Waals surface area contributed by atoms with Crippen molar-refractivity contribution in [3.8, 4) is 22.7 Å². The molecule has 18 heteroatoms. The quantitative estimate of drug-likeness (QED) is 0.0750. The molecule has 0 aliphatic carbocycles. The molecule has 4 aliphatic rings. The molecule has 16 nitrogen and oxygen atoms in total. The summed E-state index contributed by atoms with van der Waals surface area (Å²) in [4.78, 5) is 63.0. The molecule has 0 spiro atoms. The van der Waals surface area contributed by atoms with E-state index in [0.717, 1.165) is 87.0 Å². The van der Waals surface area contributed by atoms with Crippen molar-refractivity contribution in [2.24, 2.45) is 22.4 Å². The number of methoxy groups -OCH3 is 1. The SMILES string of the molecule is COc1ccc(F)cc1C(=O)NCc1ccc(-c2nn(-c3ccc(N4CC[C@@H](CN5CCN(c6ccc7c(c6)CN([C@H]6CCC(=O)NC6=O)C7=O)CC5)C4)c(F)c3)c(N=CN)c2CN)cc1. The van der Waals surface area contributed by atoms with E-state index in [9.17, 15) is 23.6 Å². The van der Waals surface area contributed by atoms with Gasteiger partial charge in [0.05, 0.1) is 36.1 Å². The van der Waals surface area contributed by atoms with E-state index in [4.69, 9.17) is 21.3 Å².